The number of ether oxygens (including phenoxy) is 1. The van der Waals surface area contributed by atoms with Crippen molar-refractivity contribution in [2.24, 2.45) is 0 Å². The minimum Gasteiger partial charge on any atom is -0.439 e. The summed E-state index contributed by atoms with van der Waals surface area (Å²) in [5.41, 5.74) is 3.23. The molecule has 1 saturated heterocycles. The standard InChI is InChI=1S/C20H14ClFN2O2/c21-15-3-1-2-13(10-15)14-8-9-23-17(11-14)18-19(26-20(25)24-18)12-4-6-16(22)7-5-12/h1-11,18-19H,(H,24,25)/t18-,19-/m1/s1. The lowest BCUT2D eigenvalue weighted by Gasteiger charge is -2.17. The second-order valence-corrected chi connectivity index (χ2v) is 6.42. The maximum absolute atomic E-state index is 13.2. The molecule has 0 bridgehead atoms. The molecule has 4 nitrogen and oxygen atoms in total. The molecule has 0 radical (unpaired) electrons. The van der Waals surface area contributed by atoms with E-state index in [1.807, 2.05) is 36.4 Å². The Labute approximate surface area is 154 Å². The van der Waals surface area contributed by atoms with Gasteiger partial charge in [-0.2, -0.15) is 0 Å². The van der Waals surface area contributed by atoms with Crippen molar-refractivity contribution < 1.29 is 13.9 Å². The van der Waals surface area contributed by atoms with Crippen molar-refractivity contribution in [3.63, 3.8) is 0 Å². The second kappa shape index (κ2) is 6.77. The molecule has 1 amide bonds. The second-order valence-electron chi connectivity index (χ2n) is 5.98. The van der Waals surface area contributed by atoms with Crippen LogP contribution < -0.4 is 5.32 Å². The van der Waals surface area contributed by atoms with Gasteiger partial charge < -0.3 is 10.1 Å². The molecular formula is C20H14ClFN2O2. The molecule has 1 aliphatic rings. The third-order valence-corrected chi connectivity index (χ3v) is 4.50. The molecule has 0 unspecified atom stereocenters. The molecule has 1 fully saturated rings. The number of cyclic esters (lactones) is 1. The number of benzene rings is 2. The van der Waals surface area contributed by atoms with Gasteiger partial charge in [-0.15, -0.1) is 0 Å². The molecule has 1 aliphatic heterocycles. The summed E-state index contributed by atoms with van der Waals surface area (Å²) in [6, 6.07) is 16.7. The van der Waals surface area contributed by atoms with Crippen LogP contribution in [0.5, 0.6) is 0 Å². The van der Waals surface area contributed by atoms with Gasteiger partial charge in [0.05, 0.1) is 5.69 Å². The molecule has 6 heteroatoms. The summed E-state index contributed by atoms with van der Waals surface area (Å²) in [5.74, 6) is -0.344. The summed E-state index contributed by atoms with van der Waals surface area (Å²) >= 11 is 6.07. The Kier molecular flexibility index (Phi) is 4.31. The lowest BCUT2D eigenvalue weighted by molar-refractivity contribution is 0.132. The summed E-state index contributed by atoms with van der Waals surface area (Å²) in [6.07, 6.45) is 0.571. The van der Waals surface area contributed by atoms with E-state index in [4.69, 9.17) is 16.3 Å². The maximum Gasteiger partial charge on any atom is 0.408 e. The van der Waals surface area contributed by atoms with Crippen molar-refractivity contribution in [1.82, 2.24) is 10.3 Å². The molecule has 26 heavy (non-hydrogen) atoms. The van der Waals surface area contributed by atoms with Gasteiger partial charge >= 0.3 is 6.09 Å². The predicted molar refractivity (Wildman–Crippen MR) is 96.2 cm³/mol. The Bertz CT molecular complexity index is 962. The van der Waals surface area contributed by atoms with Crippen LogP contribution in [0.2, 0.25) is 5.02 Å². The number of hydrogen-bond donors (Lipinski definition) is 1. The van der Waals surface area contributed by atoms with Crippen LogP contribution in [0, 0.1) is 5.82 Å². The number of nitrogens with one attached hydrogen (secondary N) is 1. The van der Waals surface area contributed by atoms with Gasteiger partial charge in [0, 0.05) is 11.2 Å². The van der Waals surface area contributed by atoms with Crippen LogP contribution in [0.3, 0.4) is 0 Å². The highest BCUT2D eigenvalue weighted by atomic mass is 35.5. The van der Waals surface area contributed by atoms with Gasteiger partial charge in [0.15, 0.2) is 6.10 Å². The largest absolute Gasteiger partial charge is 0.439 e. The average Bonchev–Trinajstić information content (AvgIpc) is 3.04. The number of hydrogen-bond acceptors (Lipinski definition) is 3. The van der Waals surface area contributed by atoms with Crippen molar-refractivity contribution in [3.05, 3.63) is 89.0 Å². The molecule has 1 aromatic heterocycles. The first-order valence-electron chi connectivity index (χ1n) is 8.05. The van der Waals surface area contributed by atoms with Gasteiger partial charge in [-0.25, -0.2) is 9.18 Å². The monoisotopic (exact) mass is 368 g/mol. The highest BCUT2D eigenvalue weighted by molar-refractivity contribution is 6.30. The fourth-order valence-electron chi connectivity index (χ4n) is 3.03. The van der Waals surface area contributed by atoms with E-state index in [9.17, 15) is 9.18 Å². The molecule has 2 aromatic carbocycles. The Morgan fingerprint density at radius 3 is 2.58 bits per heavy atom. The van der Waals surface area contributed by atoms with Crippen molar-refractivity contribution in [2.75, 3.05) is 0 Å². The molecule has 0 spiro atoms. The Morgan fingerprint density at radius 2 is 1.81 bits per heavy atom. The maximum atomic E-state index is 13.2. The van der Waals surface area contributed by atoms with Crippen LogP contribution in [0.4, 0.5) is 9.18 Å². The van der Waals surface area contributed by atoms with Crippen molar-refractivity contribution in [3.8, 4) is 11.1 Å². The van der Waals surface area contributed by atoms with Crippen LogP contribution in [-0.4, -0.2) is 11.1 Å². The van der Waals surface area contributed by atoms with Gasteiger partial charge in [-0.1, -0.05) is 35.9 Å². The topological polar surface area (TPSA) is 51.2 Å². The zero-order valence-corrected chi connectivity index (χ0v) is 14.3. The zero-order chi connectivity index (χ0) is 18.1. The summed E-state index contributed by atoms with van der Waals surface area (Å²) in [4.78, 5) is 16.2. The molecule has 130 valence electrons. The molecule has 2 heterocycles. The van der Waals surface area contributed by atoms with Crippen molar-refractivity contribution in [1.29, 1.82) is 0 Å². The van der Waals surface area contributed by atoms with Gasteiger partial charge in [0.2, 0.25) is 0 Å². The van der Waals surface area contributed by atoms with Gasteiger partial charge in [-0.05, 0) is 53.1 Å². The van der Waals surface area contributed by atoms with Crippen molar-refractivity contribution >= 4 is 17.7 Å². The smallest absolute Gasteiger partial charge is 0.408 e. The SMILES string of the molecule is O=C1N[C@H](c2cc(-c3cccc(Cl)c3)ccn2)[C@@H](c2ccc(F)cc2)O1. The van der Waals surface area contributed by atoms with Crippen LogP contribution in [0.1, 0.15) is 23.4 Å². The highest BCUT2D eigenvalue weighted by Gasteiger charge is 2.37. The summed E-state index contributed by atoms with van der Waals surface area (Å²) in [6.45, 7) is 0. The minimum atomic E-state index is -0.579. The lowest BCUT2D eigenvalue weighted by atomic mass is 9.97. The number of alkyl carbamates (subject to hydrolysis) is 1. The molecule has 0 saturated carbocycles. The predicted octanol–water partition coefficient (Wildman–Crippen LogP) is 5.06. The summed E-state index contributed by atoms with van der Waals surface area (Å²) < 4.78 is 18.6. The third kappa shape index (κ3) is 3.26. The zero-order valence-electron chi connectivity index (χ0n) is 13.5. The first-order chi connectivity index (χ1) is 12.6. The minimum absolute atomic E-state index is 0.344. The number of rotatable bonds is 3. The normalized spacial score (nSPS) is 19.1. The quantitative estimate of drug-likeness (QED) is 0.702. The van der Waals surface area contributed by atoms with Crippen molar-refractivity contribution in [2.45, 2.75) is 12.1 Å². The number of pyridine rings is 1. The number of carbonyl (C=O) groups excluding carboxylic acids is 1. The van der Waals surface area contributed by atoms with Crippen LogP contribution in [-0.2, 0) is 4.74 Å². The fraction of sp³-hybridized carbons (Fsp3) is 0.100. The number of nitrogens with zero attached hydrogens (tertiary/aromatic N) is 1. The first kappa shape index (κ1) is 16.5. The molecule has 0 aliphatic carbocycles. The third-order valence-electron chi connectivity index (χ3n) is 4.27. The van der Waals surface area contributed by atoms with Crippen LogP contribution in [0.15, 0.2) is 66.9 Å². The van der Waals surface area contributed by atoms with E-state index < -0.39 is 18.2 Å². The molecule has 3 aromatic rings. The van der Waals surface area contributed by atoms with E-state index in [1.54, 1.807) is 18.3 Å². The Balaban J connectivity index is 1.70. The van der Waals surface area contributed by atoms with E-state index in [-0.39, 0.29) is 5.82 Å². The number of halogens is 2. The highest BCUT2D eigenvalue weighted by Crippen LogP contribution is 2.37. The summed E-state index contributed by atoms with van der Waals surface area (Å²) in [5, 5.41) is 3.42. The lowest BCUT2D eigenvalue weighted by Crippen LogP contribution is -2.20. The van der Waals surface area contributed by atoms with E-state index >= 15 is 0 Å². The first-order valence-corrected chi connectivity index (χ1v) is 8.42. The Morgan fingerprint density at radius 1 is 1.04 bits per heavy atom. The van der Waals surface area contributed by atoms with Crippen LogP contribution in [0.25, 0.3) is 11.1 Å². The molecular weight excluding hydrogens is 355 g/mol. The Hall–Kier alpha value is -2.92. The van der Waals surface area contributed by atoms with Gasteiger partial charge in [0.25, 0.3) is 0 Å². The average molecular weight is 369 g/mol. The van der Waals surface area contributed by atoms with E-state index in [1.165, 1.54) is 12.1 Å². The van der Waals surface area contributed by atoms with Crippen LogP contribution >= 0.6 is 11.6 Å². The number of aromatic nitrogens is 1. The summed E-state index contributed by atoms with van der Waals surface area (Å²) in [7, 11) is 0. The van der Waals surface area contributed by atoms with Gasteiger partial charge in [0.1, 0.15) is 11.9 Å². The fourth-order valence-corrected chi connectivity index (χ4v) is 3.22. The molecule has 1 N–H and O–H groups in total. The van der Waals surface area contributed by atoms with E-state index in [0.29, 0.717) is 16.3 Å². The number of carbonyl (C=O) groups is 1. The van der Waals surface area contributed by atoms with Gasteiger partial charge in [-0.3, -0.25) is 4.98 Å². The molecule has 4 rings (SSSR count). The molecule has 2 atom stereocenters. The number of amides is 1. The van der Waals surface area contributed by atoms with E-state index in [2.05, 4.69) is 10.3 Å². The van der Waals surface area contributed by atoms with E-state index in [0.717, 1.165) is 11.1 Å².